The predicted octanol–water partition coefficient (Wildman–Crippen LogP) is 4.10. The van der Waals surface area contributed by atoms with E-state index in [-0.39, 0.29) is 16.5 Å². The number of hydrogen-bond acceptors (Lipinski definition) is 6. The fourth-order valence-electron chi connectivity index (χ4n) is 2.71. The maximum absolute atomic E-state index is 4.30. The Balaban J connectivity index is 0.000000233. The van der Waals surface area contributed by atoms with Crippen molar-refractivity contribution in [3.8, 4) is 0 Å². The van der Waals surface area contributed by atoms with E-state index in [0.717, 1.165) is 11.6 Å². The normalized spacial score (nSPS) is 12.0. The average molecular weight is 432 g/mol. The van der Waals surface area contributed by atoms with E-state index in [1.165, 1.54) is 16.1 Å². The second-order valence-electron chi connectivity index (χ2n) is 10.7. The summed E-state index contributed by atoms with van der Waals surface area (Å²) in [6.45, 7) is 25.1. The highest BCUT2D eigenvalue weighted by atomic mass is 15.6. The van der Waals surface area contributed by atoms with E-state index in [1.54, 1.807) is 13.4 Å². The Morgan fingerprint density at radius 3 is 1.52 bits per heavy atom. The minimum Gasteiger partial charge on any atom is -0.264 e. The fraction of sp³-hybridized carbons (Fsp3) is 0.727. The van der Waals surface area contributed by atoms with Crippen LogP contribution in [0.5, 0.6) is 0 Å². The van der Waals surface area contributed by atoms with E-state index in [0.29, 0.717) is 0 Å². The molecule has 0 atom stereocenters. The third-order valence-corrected chi connectivity index (χ3v) is 4.42. The summed E-state index contributed by atoms with van der Waals surface area (Å²) in [6, 6.07) is 0. The molecule has 174 valence electrons. The fourth-order valence-corrected chi connectivity index (χ4v) is 2.71. The van der Waals surface area contributed by atoms with Crippen LogP contribution in [0.2, 0.25) is 0 Å². The average Bonchev–Trinajstić information content (AvgIpc) is 3.29. The summed E-state index contributed by atoms with van der Waals surface area (Å²) >= 11 is 0. The molecular formula is C22H41N9. The zero-order valence-electron chi connectivity index (χ0n) is 21.7. The van der Waals surface area contributed by atoms with Gasteiger partial charge in [0.05, 0.1) is 24.3 Å². The van der Waals surface area contributed by atoms with Crippen molar-refractivity contribution in [3.05, 3.63) is 35.4 Å². The summed E-state index contributed by atoms with van der Waals surface area (Å²) in [4.78, 5) is 5.51. The molecule has 0 aliphatic carbocycles. The molecule has 0 saturated heterocycles. The summed E-state index contributed by atoms with van der Waals surface area (Å²) in [7, 11) is 1.77. The van der Waals surface area contributed by atoms with Crippen LogP contribution < -0.4 is 0 Å². The molecule has 0 aliphatic heterocycles. The first-order valence-electron chi connectivity index (χ1n) is 10.6. The zero-order valence-corrected chi connectivity index (χ0v) is 21.7. The van der Waals surface area contributed by atoms with Gasteiger partial charge in [-0.3, -0.25) is 4.68 Å². The van der Waals surface area contributed by atoms with Gasteiger partial charge in [-0.05, 0) is 73.1 Å². The van der Waals surface area contributed by atoms with Crippen LogP contribution in [0.25, 0.3) is 0 Å². The Bertz CT molecular complexity index is 941. The van der Waals surface area contributed by atoms with Crippen LogP contribution in [0.15, 0.2) is 12.5 Å². The van der Waals surface area contributed by atoms with Gasteiger partial charge in [-0.25, -0.2) is 9.67 Å². The minimum absolute atomic E-state index is 0.00819. The van der Waals surface area contributed by atoms with Gasteiger partial charge >= 0.3 is 0 Å². The van der Waals surface area contributed by atoms with Crippen LogP contribution in [-0.2, 0) is 23.5 Å². The maximum atomic E-state index is 4.30. The van der Waals surface area contributed by atoms with Crippen LogP contribution >= 0.6 is 0 Å². The van der Waals surface area contributed by atoms with Gasteiger partial charge in [0.15, 0.2) is 5.82 Å². The van der Waals surface area contributed by atoms with Gasteiger partial charge in [-0.15, -0.1) is 10.2 Å². The van der Waals surface area contributed by atoms with Gasteiger partial charge < -0.3 is 0 Å². The van der Waals surface area contributed by atoms with Crippen molar-refractivity contribution in [3.63, 3.8) is 0 Å². The Hall–Kier alpha value is -2.58. The van der Waals surface area contributed by atoms with E-state index in [1.807, 2.05) is 17.8 Å². The predicted molar refractivity (Wildman–Crippen MR) is 124 cm³/mol. The molecule has 3 aromatic heterocycles. The Labute approximate surface area is 187 Å². The van der Waals surface area contributed by atoms with Gasteiger partial charge in [0.2, 0.25) is 0 Å². The minimum atomic E-state index is 0.00819. The highest BCUT2D eigenvalue weighted by Crippen LogP contribution is 2.17. The number of nitrogens with zero attached hydrogens (tertiary/aromatic N) is 9. The highest BCUT2D eigenvalue weighted by Gasteiger charge is 2.19. The van der Waals surface area contributed by atoms with Crippen molar-refractivity contribution < 1.29 is 0 Å². The second kappa shape index (κ2) is 9.70. The van der Waals surface area contributed by atoms with E-state index in [9.17, 15) is 0 Å². The second-order valence-corrected chi connectivity index (χ2v) is 10.7. The van der Waals surface area contributed by atoms with E-state index in [4.69, 9.17) is 0 Å². The van der Waals surface area contributed by atoms with Gasteiger partial charge in [0.25, 0.3) is 0 Å². The number of rotatable bonds is 0. The molecule has 0 fully saturated rings. The van der Waals surface area contributed by atoms with Crippen LogP contribution in [0.1, 0.15) is 85.2 Å². The SMILES string of the molecule is Cc1cnn(C(C)(C)C)c1C.Cc1ncnn1C(C)(C)C.Cn1nnc(C(C)(C)C)n1. The van der Waals surface area contributed by atoms with E-state index < -0.39 is 0 Å². The molecule has 0 aromatic carbocycles. The molecule has 3 heterocycles. The van der Waals surface area contributed by atoms with Crippen molar-refractivity contribution in [1.29, 1.82) is 0 Å². The van der Waals surface area contributed by atoms with Gasteiger partial charge in [-0.2, -0.15) is 15.0 Å². The van der Waals surface area contributed by atoms with Crippen molar-refractivity contribution in [2.24, 2.45) is 7.05 Å². The summed E-state index contributed by atoms with van der Waals surface area (Å²) in [5.41, 5.74) is 2.70. The molecule has 0 unspecified atom stereocenters. The molecule has 0 radical (unpaired) electrons. The summed E-state index contributed by atoms with van der Waals surface area (Å²) in [5, 5.41) is 20.1. The Kier molecular flexibility index (Phi) is 8.28. The third-order valence-electron chi connectivity index (χ3n) is 4.42. The van der Waals surface area contributed by atoms with Crippen LogP contribution in [0.3, 0.4) is 0 Å². The van der Waals surface area contributed by atoms with Gasteiger partial charge in [-0.1, -0.05) is 20.8 Å². The lowest BCUT2D eigenvalue weighted by atomic mass is 9.96. The van der Waals surface area contributed by atoms with E-state index in [2.05, 4.69) is 111 Å². The molecule has 0 N–H and O–H groups in total. The van der Waals surface area contributed by atoms with Crippen molar-refractivity contribution >= 4 is 0 Å². The molecule has 31 heavy (non-hydrogen) atoms. The van der Waals surface area contributed by atoms with Gasteiger partial charge in [0.1, 0.15) is 12.2 Å². The molecule has 0 amide bonds. The topological polar surface area (TPSA) is 92.1 Å². The summed E-state index contributed by atoms with van der Waals surface area (Å²) in [6.07, 6.45) is 3.50. The molecular weight excluding hydrogens is 390 g/mol. The molecule has 0 aliphatic rings. The molecule has 0 saturated carbocycles. The van der Waals surface area contributed by atoms with Crippen molar-refractivity contribution in [1.82, 2.24) is 44.8 Å². The van der Waals surface area contributed by atoms with Crippen LogP contribution in [0.4, 0.5) is 0 Å². The maximum Gasteiger partial charge on any atom is 0.180 e. The molecule has 9 nitrogen and oxygen atoms in total. The third kappa shape index (κ3) is 7.88. The molecule has 3 rings (SSSR count). The molecule has 0 spiro atoms. The van der Waals surface area contributed by atoms with Crippen LogP contribution in [0, 0.1) is 20.8 Å². The lowest BCUT2D eigenvalue weighted by Crippen LogP contribution is -2.24. The monoisotopic (exact) mass is 431 g/mol. The largest absolute Gasteiger partial charge is 0.264 e. The molecule has 9 heteroatoms. The number of hydrogen-bond donors (Lipinski definition) is 0. The highest BCUT2D eigenvalue weighted by molar-refractivity contribution is 5.14. The lowest BCUT2D eigenvalue weighted by molar-refractivity contribution is 0.346. The van der Waals surface area contributed by atoms with E-state index >= 15 is 0 Å². The Morgan fingerprint density at radius 1 is 0.774 bits per heavy atom. The summed E-state index contributed by atoms with van der Waals surface area (Å²) < 4.78 is 3.97. The smallest absolute Gasteiger partial charge is 0.180 e. The van der Waals surface area contributed by atoms with Crippen molar-refractivity contribution in [2.45, 2.75) is 99.6 Å². The molecule has 3 aromatic rings. The van der Waals surface area contributed by atoms with Gasteiger partial charge in [0, 0.05) is 11.1 Å². The van der Waals surface area contributed by atoms with Crippen LogP contribution in [-0.4, -0.2) is 44.8 Å². The molecule has 0 bridgehead atoms. The lowest BCUT2D eigenvalue weighted by Gasteiger charge is -2.21. The first kappa shape index (κ1) is 26.5. The zero-order chi connectivity index (χ0) is 24.2. The number of aromatic nitrogens is 9. The first-order valence-corrected chi connectivity index (χ1v) is 10.6. The van der Waals surface area contributed by atoms with Crippen molar-refractivity contribution in [2.75, 3.05) is 0 Å². The number of tetrazole rings is 1. The standard InChI is InChI=1S/C9H16N2.C7H13N3.C6H12N4/c1-7-6-10-11(8(7)2)9(3,4)5;1-6-8-5-9-10(6)7(2,3)4;1-6(2,3)5-7-9-10(4)8-5/h6H,1-5H3;5H,1-4H3;1-4H3. The summed E-state index contributed by atoms with van der Waals surface area (Å²) in [5.74, 6) is 1.75. The quantitative estimate of drug-likeness (QED) is 0.532. The number of aryl methyl sites for hydroxylation is 3. The first-order chi connectivity index (χ1) is 13.9. The Morgan fingerprint density at radius 2 is 1.32 bits per heavy atom.